The van der Waals surface area contributed by atoms with Crippen LogP contribution in [0.4, 0.5) is 5.82 Å². The maximum atomic E-state index is 12.9. The van der Waals surface area contributed by atoms with Crippen LogP contribution in [0.3, 0.4) is 0 Å². The standard InChI is InChI=1S/C20H26ClN5O2/c1-12(2)17(20-24-18(25-28-20)13-3-4-13)23-19(27)14-7-9-26(10-8-14)16-6-5-15(21)11-22-16/h5-6,11-14,17H,3-4,7-10H2,1-2H3,(H,23,27). The summed E-state index contributed by atoms with van der Waals surface area (Å²) in [6.45, 7) is 5.71. The third-order valence-corrected chi connectivity index (χ3v) is 5.76. The van der Waals surface area contributed by atoms with Gasteiger partial charge in [0, 0.05) is 31.1 Å². The third kappa shape index (κ3) is 4.29. The van der Waals surface area contributed by atoms with Crippen molar-refractivity contribution in [2.75, 3.05) is 18.0 Å². The first-order valence-electron chi connectivity index (χ1n) is 10.0. The highest BCUT2D eigenvalue weighted by Gasteiger charge is 2.33. The average Bonchev–Trinajstić information content (AvgIpc) is 3.44. The minimum atomic E-state index is -0.247. The Morgan fingerprint density at radius 2 is 2.00 bits per heavy atom. The van der Waals surface area contributed by atoms with E-state index < -0.39 is 0 Å². The molecule has 2 fully saturated rings. The van der Waals surface area contributed by atoms with Crippen LogP contribution in [0.25, 0.3) is 0 Å². The van der Waals surface area contributed by atoms with Crippen LogP contribution in [0, 0.1) is 11.8 Å². The van der Waals surface area contributed by atoms with Crippen molar-refractivity contribution in [3.63, 3.8) is 0 Å². The lowest BCUT2D eigenvalue weighted by molar-refractivity contribution is -0.126. The van der Waals surface area contributed by atoms with Gasteiger partial charge in [0.25, 0.3) is 0 Å². The van der Waals surface area contributed by atoms with Crippen molar-refractivity contribution in [3.05, 3.63) is 35.1 Å². The summed E-state index contributed by atoms with van der Waals surface area (Å²) in [4.78, 5) is 24.0. The molecule has 8 heteroatoms. The number of carbonyl (C=O) groups excluding carboxylic acids is 1. The predicted octanol–water partition coefficient (Wildman–Crippen LogP) is 3.73. The molecule has 0 aromatic carbocycles. The van der Waals surface area contributed by atoms with Crippen molar-refractivity contribution in [3.8, 4) is 0 Å². The maximum absolute atomic E-state index is 12.9. The Hall–Kier alpha value is -2.15. The lowest BCUT2D eigenvalue weighted by Gasteiger charge is -2.33. The quantitative estimate of drug-likeness (QED) is 0.791. The van der Waals surface area contributed by atoms with Gasteiger partial charge >= 0.3 is 0 Å². The lowest BCUT2D eigenvalue weighted by Crippen LogP contribution is -2.42. The van der Waals surface area contributed by atoms with E-state index in [4.69, 9.17) is 16.1 Å². The van der Waals surface area contributed by atoms with Gasteiger partial charge in [0.2, 0.25) is 11.8 Å². The summed E-state index contributed by atoms with van der Waals surface area (Å²) in [5.74, 6) is 2.86. The van der Waals surface area contributed by atoms with Gasteiger partial charge in [-0.05, 0) is 43.7 Å². The number of amides is 1. The van der Waals surface area contributed by atoms with E-state index >= 15 is 0 Å². The SMILES string of the molecule is CC(C)C(NC(=O)C1CCN(c2ccc(Cl)cn2)CC1)c1nc(C2CC2)no1. The van der Waals surface area contributed by atoms with Crippen molar-refractivity contribution in [1.29, 1.82) is 0 Å². The van der Waals surface area contributed by atoms with E-state index in [0.29, 0.717) is 16.8 Å². The monoisotopic (exact) mass is 403 g/mol. The fraction of sp³-hybridized carbons (Fsp3) is 0.600. The van der Waals surface area contributed by atoms with Crippen molar-refractivity contribution in [2.24, 2.45) is 11.8 Å². The Balaban J connectivity index is 1.35. The number of anilines is 1. The second kappa shape index (κ2) is 8.07. The van der Waals surface area contributed by atoms with Gasteiger partial charge in [-0.3, -0.25) is 4.79 Å². The number of hydrogen-bond donors (Lipinski definition) is 1. The summed E-state index contributed by atoms with van der Waals surface area (Å²) in [6.07, 6.45) is 5.48. The molecule has 0 bridgehead atoms. The minimum absolute atomic E-state index is 0.0179. The van der Waals surface area contributed by atoms with E-state index in [2.05, 4.69) is 39.2 Å². The van der Waals surface area contributed by atoms with Crippen LogP contribution in [-0.4, -0.2) is 34.1 Å². The van der Waals surface area contributed by atoms with E-state index in [1.54, 1.807) is 6.20 Å². The molecule has 1 N–H and O–H groups in total. The largest absolute Gasteiger partial charge is 0.357 e. The molecule has 0 radical (unpaired) electrons. The Bertz CT molecular complexity index is 810. The van der Waals surface area contributed by atoms with Crippen LogP contribution in [0.1, 0.15) is 63.2 Å². The Labute approximate surface area is 169 Å². The molecular formula is C20H26ClN5O2. The second-order valence-corrected chi connectivity index (χ2v) is 8.53. The predicted molar refractivity (Wildman–Crippen MR) is 106 cm³/mol. The van der Waals surface area contributed by atoms with Gasteiger partial charge in [0.15, 0.2) is 5.82 Å². The minimum Gasteiger partial charge on any atom is -0.357 e. The van der Waals surface area contributed by atoms with E-state index in [9.17, 15) is 4.79 Å². The molecule has 28 heavy (non-hydrogen) atoms. The number of nitrogens with zero attached hydrogens (tertiary/aromatic N) is 4. The number of rotatable bonds is 6. The third-order valence-electron chi connectivity index (χ3n) is 5.53. The van der Waals surface area contributed by atoms with Gasteiger partial charge in [0.1, 0.15) is 11.9 Å². The van der Waals surface area contributed by atoms with Crippen LogP contribution < -0.4 is 10.2 Å². The molecule has 1 amide bonds. The second-order valence-electron chi connectivity index (χ2n) is 8.09. The summed E-state index contributed by atoms with van der Waals surface area (Å²) < 4.78 is 5.46. The zero-order chi connectivity index (χ0) is 19.7. The number of nitrogens with one attached hydrogen (secondary N) is 1. The molecule has 2 aromatic heterocycles. The molecule has 1 aliphatic heterocycles. The topological polar surface area (TPSA) is 84.2 Å². The Morgan fingerprint density at radius 3 is 2.61 bits per heavy atom. The number of pyridine rings is 1. The normalized spacial score (nSPS) is 19.1. The first kappa shape index (κ1) is 19.2. The summed E-state index contributed by atoms with van der Waals surface area (Å²) >= 11 is 5.91. The number of hydrogen-bond acceptors (Lipinski definition) is 6. The highest BCUT2D eigenvalue weighted by molar-refractivity contribution is 6.30. The smallest absolute Gasteiger partial charge is 0.249 e. The van der Waals surface area contributed by atoms with Gasteiger partial charge in [-0.15, -0.1) is 0 Å². The molecule has 1 aliphatic carbocycles. The highest BCUT2D eigenvalue weighted by atomic mass is 35.5. The molecule has 0 spiro atoms. The van der Waals surface area contributed by atoms with Gasteiger partial charge in [-0.1, -0.05) is 30.6 Å². The summed E-state index contributed by atoms with van der Waals surface area (Å²) in [5, 5.41) is 7.87. The van der Waals surface area contributed by atoms with Crippen molar-refractivity contribution in [1.82, 2.24) is 20.4 Å². The summed E-state index contributed by atoms with van der Waals surface area (Å²) in [5.41, 5.74) is 0. The highest BCUT2D eigenvalue weighted by Crippen LogP contribution is 2.38. The van der Waals surface area contributed by atoms with Gasteiger partial charge in [0.05, 0.1) is 5.02 Å². The first-order chi connectivity index (χ1) is 13.5. The van der Waals surface area contributed by atoms with Crippen molar-refractivity contribution < 1.29 is 9.32 Å². The molecule has 2 aliphatic rings. The fourth-order valence-corrected chi connectivity index (χ4v) is 3.70. The molecule has 4 rings (SSSR count). The molecule has 150 valence electrons. The number of halogens is 1. The van der Waals surface area contributed by atoms with Crippen molar-refractivity contribution >= 4 is 23.3 Å². The first-order valence-corrected chi connectivity index (χ1v) is 10.4. The van der Waals surface area contributed by atoms with Gasteiger partial charge < -0.3 is 14.7 Å². The Kier molecular flexibility index (Phi) is 5.53. The molecule has 1 unspecified atom stereocenters. The van der Waals surface area contributed by atoms with Crippen LogP contribution >= 0.6 is 11.6 Å². The molecule has 3 heterocycles. The average molecular weight is 404 g/mol. The van der Waals surface area contributed by atoms with Gasteiger partial charge in [-0.25, -0.2) is 4.98 Å². The lowest BCUT2D eigenvalue weighted by atomic mass is 9.94. The van der Waals surface area contributed by atoms with Crippen LogP contribution in [-0.2, 0) is 4.79 Å². The van der Waals surface area contributed by atoms with Crippen LogP contribution in [0.15, 0.2) is 22.9 Å². The molecule has 1 saturated heterocycles. The molecule has 7 nitrogen and oxygen atoms in total. The fourth-order valence-electron chi connectivity index (χ4n) is 3.59. The molecule has 2 aromatic rings. The summed E-state index contributed by atoms with van der Waals surface area (Å²) in [6, 6.07) is 3.52. The van der Waals surface area contributed by atoms with E-state index in [1.165, 1.54) is 0 Å². The zero-order valence-corrected chi connectivity index (χ0v) is 17.0. The number of aromatic nitrogens is 3. The van der Waals surface area contributed by atoms with Crippen LogP contribution in [0.5, 0.6) is 0 Å². The molecular weight excluding hydrogens is 378 g/mol. The van der Waals surface area contributed by atoms with E-state index in [0.717, 1.165) is 50.4 Å². The van der Waals surface area contributed by atoms with Gasteiger partial charge in [-0.2, -0.15) is 4.98 Å². The molecule has 1 saturated carbocycles. The number of piperidine rings is 1. The Morgan fingerprint density at radius 1 is 1.25 bits per heavy atom. The van der Waals surface area contributed by atoms with Crippen LogP contribution in [0.2, 0.25) is 5.02 Å². The maximum Gasteiger partial charge on any atom is 0.249 e. The van der Waals surface area contributed by atoms with E-state index in [1.807, 2.05) is 12.1 Å². The molecule has 1 atom stereocenters. The van der Waals surface area contributed by atoms with E-state index in [-0.39, 0.29) is 23.8 Å². The number of carbonyl (C=O) groups is 1. The zero-order valence-electron chi connectivity index (χ0n) is 16.3. The van der Waals surface area contributed by atoms with Crippen molar-refractivity contribution in [2.45, 2.75) is 51.5 Å². The summed E-state index contributed by atoms with van der Waals surface area (Å²) in [7, 11) is 0.